The van der Waals surface area contributed by atoms with Crippen LogP contribution in [0.2, 0.25) is 0 Å². The quantitative estimate of drug-likeness (QED) is 0.807. The number of aromatic nitrogens is 2. The van der Waals surface area contributed by atoms with Gasteiger partial charge in [0.15, 0.2) is 0 Å². The van der Waals surface area contributed by atoms with Gasteiger partial charge >= 0.3 is 0 Å². The molecular formula is C15H19FN4O. The third-order valence-corrected chi connectivity index (χ3v) is 4.22. The van der Waals surface area contributed by atoms with E-state index in [1.807, 2.05) is 0 Å². The molecule has 6 heteroatoms. The summed E-state index contributed by atoms with van der Waals surface area (Å²) in [6, 6.07) is 2.58. The fraction of sp³-hybridized carbons (Fsp3) is 0.467. The Balaban J connectivity index is 1.76. The highest BCUT2D eigenvalue weighted by Crippen LogP contribution is 2.27. The van der Waals surface area contributed by atoms with Crippen molar-refractivity contribution in [1.29, 1.82) is 0 Å². The Morgan fingerprint density at radius 1 is 1.43 bits per heavy atom. The highest BCUT2D eigenvalue weighted by molar-refractivity contribution is 6.04. The topological polar surface area (TPSA) is 69.8 Å². The van der Waals surface area contributed by atoms with Crippen molar-refractivity contribution in [2.75, 3.05) is 19.6 Å². The van der Waals surface area contributed by atoms with Crippen molar-refractivity contribution in [3.63, 3.8) is 0 Å². The zero-order valence-corrected chi connectivity index (χ0v) is 12.0. The van der Waals surface area contributed by atoms with Gasteiger partial charge in [-0.1, -0.05) is 6.92 Å². The summed E-state index contributed by atoms with van der Waals surface area (Å²) >= 11 is 0. The number of nitrogens with zero attached hydrogens (tertiary/aromatic N) is 1. The van der Waals surface area contributed by atoms with Gasteiger partial charge in [0.2, 0.25) is 0 Å². The molecule has 0 saturated carbocycles. The Morgan fingerprint density at radius 2 is 2.19 bits per heavy atom. The van der Waals surface area contributed by atoms with E-state index in [4.69, 9.17) is 0 Å². The predicted molar refractivity (Wildman–Crippen MR) is 78.6 cm³/mol. The van der Waals surface area contributed by atoms with Crippen LogP contribution in [-0.4, -0.2) is 35.5 Å². The fourth-order valence-electron chi connectivity index (χ4n) is 2.78. The average molecular weight is 290 g/mol. The van der Waals surface area contributed by atoms with Crippen molar-refractivity contribution < 1.29 is 9.18 Å². The smallest absolute Gasteiger partial charge is 0.253 e. The van der Waals surface area contributed by atoms with Crippen LogP contribution in [0.25, 0.3) is 11.0 Å². The minimum Gasteiger partial charge on any atom is -0.351 e. The second-order valence-electron chi connectivity index (χ2n) is 6.00. The summed E-state index contributed by atoms with van der Waals surface area (Å²) in [6.07, 6.45) is 3.51. The molecule has 1 aliphatic heterocycles. The third kappa shape index (κ3) is 2.90. The number of halogens is 1. The van der Waals surface area contributed by atoms with Crippen LogP contribution in [0, 0.1) is 11.2 Å². The maximum Gasteiger partial charge on any atom is 0.253 e. The van der Waals surface area contributed by atoms with Gasteiger partial charge in [-0.3, -0.25) is 4.79 Å². The van der Waals surface area contributed by atoms with Crippen molar-refractivity contribution >= 4 is 16.9 Å². The molecule has 21 heavy (non-hydrogen) atoms. The molecule has 3 N–H and O–H groups in total. The first-order chi connectivity index (χ1) is 10.1. The van der Waals surface area contributed by atoms with Crippen molar-refractivity contribution in [3.05, 3.63) is 29.8 Å². The van der Waals surface area contributed by atoms with Gasteiger partial charge in [-0.25, -0.2) is 9.37 Å². The van der Waals surface area contributed by atoms with Gasteiger partial charge in [0.05, 0.1) is 17.4 Å². The highest BCUT2D eigenvalue weighted by atomic mass is 19.1. The maximum atomic E-state index is 13.6. The van der Waals surface area contributed by atoms with Crippen LogP contribution >= 0.6 is 0 Å². The number of aromatic amines is 1. The number of H-pyrrole nitrogens is 1. The molecule has 0 bridgehead atoms. The summed E-state index contributed by atoms with van der Waals surface area (Å²) in [7, 11) is 0. The van der Waals surface area contributed by atoms with Crippen molar-refractivity contribution in [3.8, 4) is 0 Å². The number of hydrogen-bond donors (Lipinski definition) is 3. The van der Waals surface area contributed by atoms with Gasteiger partial charge in [0, 0.05) is 6.54 Å². The minimum absolute atomic E-state index is 0.0962. The SMILES string of the molecule is CC1(CNC(=O)c2cc(F)cc3[nH]cnc23)CCNCC1. The first kappa shape index (κ1) is 14.0. The number of piperidine rings is 1. The molecule has 1 fully saturated rings. The summed E-state index contributed by atoms with van der Waals surface area (Å²) in [5.41, 5.74) is 1.42. The van der Waals surface area contributed by atoms with E-state index in [0.29, 0.717) is 17.6 Å². The second kappa shape index (κ2) is 5.44. The number of carbonyl (C=O) groups excluding carboxylic acids is 1. The van der Waals surface area contributed by atoms with Gasteiger partial charge in [-0.2, -0.15) is 0 Å². The zero-order valence-electron chi connectivity index (χ0n) is 12.0. The number of fused-ring (bicyclic) bond motifs is 1. The molecule has 5 nitrogen and oxygen atoms in total. The molecule has 3 rings (SSSR count). The summed E-state index contributed by atoms with van der Waals surface area (Å²) in [6.45, 7) is 4.70. The fourth-order valence-corrected chi connectivity index (χ4v) is 2.78. The number of carbonyl (C=O) groups is 1. The van der Waals surface area contributed by atoms with Crippen LogP contribution < -0.4 is 10.6 Å². The first-order valence-electron chi connectivity index (χ1n) is 7.19. The minimum atomic E-state index is -0.440. The maximum absolute atomic E-state index is 13.6. The molecule has 2 heterocycles. The van der Waals surface area contributed by atoms with E-state index in [2.05, 4.69) is 27.5 Å². The molecule has 0 aliphatic carbocycles. The van der Waals surface area contributed by atoms with Gasteiger partial charge in [0.25, 0.3) is 5.91 Å². The Morgan fingerprint density at radius 3 is 2.95 bits per heavy atom. The van der Waals surface area contributed by atoms with Crippen molar-refractivity contribution in [1.82, 2.24) is 20.6 Å². The molecule has 2 aromatic rings. The molecule has 0 radical (unpaired) electrons. The van der Waals surface area contributed by atoms with Crippen LogP contribution in [0.5, 0.6) is 0 Å². The van der Waals surface area contributed by atoms with Gasteiger partial charge in [0.1, 0.15) is 11.3 Å². The lowest BCUT2D eigenvalue weighted by Crippen LogP contribution is -2.42. The predicted octanol–water partition coefficient (Wildman–Crippen LogP) is 1.82. The number of benzene rings is 1. The molecule has 0 atom stereocenters. The third-order valence-electron chi connectivity index (χ3n) is 4.22. The molecule has 1 saturated heterocycles. The highest BCUT2D eigenvalue weighted by Gasteiger charge is 2.27. The molecule has 1 aromatic carbocycles. The Hall–Kier alpha value is -1.95. The molecule has 0 unspecified atom stereocenters. The zero-order chi connectivity index (χ0) is 14.9. The molecule has 1 amide bonds. The molecule has 0 spiro atoms. The Labute approximate surface area is 122 Å². The summed E-state index contributed by atoms with van der Waals surface area (Å²) in [4.78, 5) is 19.3. The van der Waals surface area contributed by atoms with Gasteiger partial charge in [-0.05, 0) is 43.5 Å². The summed E-state index contributed by atoms with van der Waals surface area (Å²) < 4.78 is 13.6. The molecule has 112 valence electrons. The molecular weight excluding hydrogens is 271 g/mol. The lowest BCUT2D eigenvalue weighted by molar-refractivity contribution is 0.0923. The Bertz CT molecular complexity index is 661. The van der Waals surface area contributed by atoms with E-state index in [1.165, 1.54) is 18.5 Å². The lowest BCUT2D eigenvalue weighted by Gasteiger charge is -2.34. The number of amides is 1. The largest absolute Gasteiger partial charge is 0.351 e. The normalized spacial score (nSPS) is 17.8. The summed E-state index contributed by atoms with van der Waals surface area (Å²) in [5.74, 6) is -0.712. The van der Waals surface area contributed by atoms with Crippen LogP contribution in [0.1, 0.15) is 30.1 Å². The second-order valence-corrected chi connectivity index (χ2v) is 6.00. The molecule has 1 aliphatic rings. The average Bonchev–Trinajstić information content (AvgIpc) is 2.93. The van der Waals surface area contributed by atoms with E-state index >= 15 is 0 Å². The summed E-state index contributed by atoms with van der Waals surface area (Å²) in [5, 5.41) is 6.24. The van der Waals surface area contributed by atoms with Crippen LogP contribution in [-0.2, 0) is 0 Å². The molecule has 1 aromatic heterocycles. The van der Waals surface area contributed by atoms with E-state index in [1.54, 1.807) is 0 Å². The van der Waals surface area contributed by atoms with Gasteiger partial charge in [-0.15, -0.1) is 0 Å². The van der Waals surface area contributed by atoms with Crippen molar-refractivity contribution in [2.45, 2.75) is 19.8 Å². The van der Waals surface area contributed by atoms with Crippen molar-refractivity contribution in [2.24, 2.45) is 5.41 Å². The van der Waals surface area contributed by atoms with E-state index in [0.717, 1.165) is 25.9 Å². The number of nitrogens with one attached hydrogen (secondary N) is 3. The first-order valence-corrected chi connectivity index (χ1v) is 7.19. The van der Waals surface area contributed by atoms with Crippen LogP contribution in [0.3, 0.4) is 0 Å². The number of rotatable bonds is 3. The lowest BCUT2D eigenvalue weighted by atomic mass is 9.81. The van der Waals surface area contributed by atoms with Crippen LogP contribution in [0.4, 0.5) is 4.39 Å². The Kier molecular flexibility index (Phi) is 3.63. The van der Waals surface area contributed by atoms with Crippen LogP contribution in [0.15, 0.2) is 18.5 Å². The van der Waals surface area contributed by atoms with E-state index < -0.39 is 5.82 Å². The monoisotopic (exact) mass is 290 g/mol. The number of imidazole rings is 1. The standard InChI is InChI=1S/C15H19FN4O/c1-15(2-4-17-5-3-15)8-18-14(21)11-6-10(16)7-12-13(11)20-9-19-12/h6-7,9,17H,2-5,8H2,1H3,(H,18,21)(H,19,20). The van der Waals surface area contributed by atoms with E-state index in [-0.39, 0.29) is 16.9 Å². The van der Waals surface area contributed by atoms with Gasteiger partial charge < -0.3 is 15.6 Å². The van der Waals surface area contributed by atoms with E-state index in [9.17, 15) is 9.18 Å². The number of hydrogen-bond acceptors (Lipinski definition) is 3.